The van der Waals surface area contributed by atoms with Crippen LogP contribution in [0.4, 0.5) is 19.2 Å². The average Bonchev–Trinajstić information content (AvgIpc) is 1.60. The molecule has 4 aliphatic rings. The first-order chi connectivity index (χ1) is 51.4. The van der Waals surface area contributed by atoms with Crippen molar-refractivity contribution in [3.8, 4) is 5.75 Å². The molecule has 106 heavy (non-hydrogen) atoms. The van der Waals surface area contributed by atoms with Gasteiger partial charge in [0.2, 0.25) is 0 Å². The second-order valence-corrected chi connectivity index (χ2v) is 30.5. The van der Waals surface area contributed by atoms with Crippen LogP contribution in [0.2, 0.25) is 15.1 Å². The molecule has 4 N–H and O–H groups in total. The molecule has 548 valence electrons. The number of rotatable bonds is 10. The number of fused-ring (bicyclic) bond motifs is 12. The molecule has 17 nitrogen and oxygen atoms in total. The molecular weight excluding hydrogens is 1600 g/mol. The molecule has 4 aliphatic heterocycles. The lowest BCUT2D eigenvalue weighted by molar-refractivity contribution is 0.0882. The molecular formula is C83H80Br3Cl3N8O9. The van der Waals surface area contributed by atoms with E-state index < -0.39 is 0 Å². The van der Waals surface area contributed by atoms with Crippen LogP contribution in [0.25, 0.3) is 43.6 Å². The average molecular weight is 1680 g/mol. The van der Waals surface area contributed by atoms with Gasteiger partial charge in [0.15, 0.2) is 0 Å². The topological polar surface area (TPSA) is 191 Å². The summed E-state index contributed by atoms with van der Waals surface area (Å²) in [7, 11) is 3.05. The molecule has 16 rings (SSSR count). The zero-order chi connectivity index (χ0) is 74.4. The molecule has 0 bridgehead atoms. The molecule has 0 fully saturated rings. The van der Waals surface area contributed by atoms with Crippen LogP contribution in [-0.2, 0) is 44.6 Å². The molecule has 4 aromatic heterocycles. The number of amides is 4. The molecule has 12 aromatic rings. The van der Waals surface area contributed by atoms with Gasteiger partial charge in [0, 0.05) is 121 Å². The Morgan fingerprint density at radius 3 is 1.14 bits per heavy atom. The minimum absolute atomic E-state index is 0.190. The number of aryl methyl sites for hydroxylation is 1. The van der Waals surface area contributed by atoms with Crippen molar-refractivity contribution in [1.82, 2.24) is 39.5 Å². The Bertz CT molecular complexity index is 5040. The second-order valence-electron chi connectivity index (χ2n) is 26.4. The summed E-state index contributed by atoms with van der Waals surface area (Å²) in [4.78, 5) is 71.8. The maximum absolute atomic E-state index is 12.8. The Balaban J connectivity index is 0.000000125. The first kappa shape index (κ1) is 75.3. The van der Waals surface area contributed by atoms with Crippen LogP contribution in [-0.4, -0.2) is 124 Å². The molecule has 23 heteroatoms. The van der Waals surface area contributed by atoms with Gasteiger partial charge < -0.3 is 43.6 Å². The number of ether oxygens (including phenoxy) is 5. The van der Waals surface area contributed by atoms with Crippen LogP contribution in [0.5, 0.6) is 5.75 Å². The second kappa shape index (κ2) is 33.5. The smallest absolute Gasteiger partial charge is 0.410 e. The minimum Gasteiger partial charge on any atom is -0.497 e. The quantitative estimate of drug-likeness (QED) is 0.0965. The number of methoxy groups -OCH3 is 2. The number of benzene rings is 8. The highest BCUT2D eigenvalue weighted by Gasteiger charge is 2.40. The Hall–Kier alpha value is -8.89. The predicted octanol–water partition coefficient (Wildman–Crippen LogP) is 22.0. The van der Waals surface area contributed by atoms with Gasteiger partial charge in [-0.05, 0) is 206 Å². The summed E-state index contributed by atoms with van der Waals surface area (Å²) in [6.45, 7) is 11.6. The van der Waals surface area contributed by atoms with Gasteiger partial charge in [-0.15, -0.1) is 0 Å². The van der Waals surface area contributed by atoms with E-state index in [1.165, 1.54) is 40.3 Å². The Labute approximate surface area is 655 Å². The maximum atomic E-state index is 12.8. The van der Waals surface area contributed by atoms with Crippen molar-refractivity contribution in [2.24, 2.45) is 0 Å². The van der Waals surface area contributed by atoms with E-state index in [0.29, 0.717) is 56.0 Å². The fraction of sp³-hybridized carbons (Fsp3) is 0.277. The molecule has 8 aromatic carbocycles. The van der Waals surface area contributed by atoms with Crippen molar-refractivity contribution in [2.45, 2.75) is 90.4 Å². The summed E-state index contributed by atoms with van der Waals surface area (Å²) < 4.78 is 29.6. The molecule has 8 heterocycles. The summed E-state index contributed by atoms with van der Waals surface area (Å²) in [6, 6.07) is 55.3. The van der Waals surface area contributed by atoms with E-state index in [9.17, 15) is 19.2 Å². The van der Waals surface area contributed by atoms with Gasteiger partial charge in [0.1, 0.15) is 29.9 Å². The van der Waals surface area contributed by atoms with E-state index in [1.54, 1.807) is 12.0 Å². The third-order valence-corrected chi connectivity index (χ3v) is 22.0. The first-order valence-corrected chi connectivity index (χ1v) is 38.9. The standard InChI is InChI=1S/C22H23ClN2O2.C21H20BrClN2O2.C20H18Br2N2O2.C20H19ClN2O3/c1-3-12-27-22(26)25-11-10-17-18-13-16(23)8-9-19(18)24-20(17)21(25)15-6-4-14(2)5-7-15;1-2-11-27-21(26)25-10-9-16-17-12-15(23)7-8-18(17)24-19(16)20(25)13-3-5-14(22)6-4-13;1-2-26-20(25)24-9-8-15-16-11-14(22)6-7-17(16)23-18(15)19(24)12-4-3-5-13(21)10-12;1-25-14-6-3-12(4-7-14)19-18-15(9-10-23(19)20(24)26-2)16-11-13(21)5-8-17(16)22-18/h4-9,13,21,24H,3,10-12H2,1-2H3;3-8,12,20,24H,2,9-11H2,1H3;3-7,10-11,19,23H,2,8-9H2,1H3;3-8,11,19,22H,9-10H2,1-2H3. The van der Waals surface area contributed by atoms with Crippen LogP contribution in [0, 0.1) is 6.92 Å². The molecule has 0 saturated carbocycles. The van der Waals surface area contributed by atoms with Crippen LogP contribution in [0.3, 0.4) is 0 Å². The molecule has 4 unspecified atom stereocenters. The van der Waals surface area contributed by atoms with E-state index in [2.05, 4.69) is 123 Å². The summed E-state index contributed by atoms with van der Waals surface area (Å²) in [6.07, 6.45) is 3.56. The van der Waals surface area contributed by atoms with Crippen molar-refractivity contribution in [3.63, 3.8) is 0 Å². The van der Waals surface area contributed by atoms with E-state index in [1.807, 2.05) is 157 Å². The number of carbonyl (C=O) groups is 4. The number of nitrogens with one attached hydrogen (secondary N) is 4. The maximum Gasteiger partial charge on any atom is 0.410 e. The summed E-state index contributed by atoms with van der Waals surface area (Å²) in [5.41, 5.74) is 18.6. The van der Waals surface area contributed by atoms with Gasteiger partial charge in [0.05, 0.1) is 34.0 Å². The predicted molar refractivity (Wildman–Crippen MR) is 430 cm³/mol. The normalized spacial score (nSPS) is 16.5. The molecule has 4 amide bonds. The number of aromatic nitrogens is 4. The molecule has 4 atom stereocenters. The lowest BCUT2D eigenvalue weighted by atomic mass is 9.92. The largest absolute Gasteiger partial charge is 0.497 e. The summed E-state index contributed by atoms with van der Waals surface area (Å²) in [5.74, 6) is 0.776. The van der Waals surface area contributed by atoms with E-state index in [0.717, 1.165) is 146 Å². The van der Waals surface area contributed by atoms with Gasteiger partial charge in [0.25, 0.3) is 0 Å². The van der Waals surface area contributed by atoms with Crippen molar-refractivity contribution in [3.05, 3.63) is 271 Å². The van der Waals surface area contributed by atoms with Crippen LogP contribution in [0.15, 0.2) is 183 Å². The van der Waals surface area contributed by atoms with E-state index >= 15 is 0 Å². The number of carbonyl (C=O) groups excluding carboxylic acids is 4. The Morgan fingerprint density at radius 2 is 0.755 bits per heavy atom. The van der Waals surface area contributed by atoms with Crippen LogP contribution in [0.1, 0.15) is 131 Å². The fourth-order valence-corrected chi connectivity index (χ4v) is 16.5. The zero-order valence-electron chi connectivity index (χ0n) is 59.4. The van der Waals surface area contributed by atoms with Gasteiger partial charge in [-0.3, -0.25) is 19.6 Å². The highest BCUT2D eigenvalue weighted by molar-refractivity contribution is 9.11. The molecule has 0 aliphatic carbocycles. The van der Waals surface area contributed by atoms with Crippen molar-refractivity contribution < 1.29 is 42.9 Å². The third kappa shape index (κ3) is 15.9. The highest BCUT2D eigenvalue weighted by Crippen LogP contribution is 2.45. The Morgan fingerprint density at radius 1 is 0.406 bits per heavy atom. The molecule has 0 spiro atoms. The van der Waals surface area contributed by atoms with E-state index in [-0.39, 0.29) is 48.5 Å². The van der Waals surface area contributed by atoms with Crippen molar-refractivity contribution in [1.29, 1.82) is 0 Å². The van der Waals surface area contributed by atoms with Gasteiger partial charge in [-0.25, -0.2) is 19.2 Å². The van der Waals surface area contributed by atoms with Gasteiger partial charge in [-0.1, -0.05) is 163 Å². The summed E-state index contributed by atoms with van der Waals surface area (Å²) in [5, 5.41) is 6.72. The van der Waals surface area contributed by atoms with Gasteiger partial charge >= 0.3 is 24.4 Å². The van der Waals surface area contributed by atoms with Crippen molar-refractivity contribution >= 4 is 151 Å². The fourth-order valence-electron chi connectivity index (χ4n) is 14.9. The number of H-pyrrole nitrogens is 4. The van der Waals surface area contributed by atoms with E-state index in [4.69, 9.17) is 58.5 Å². The number of nitrogens with zero attached hydrogens (tertiary/aromatic N) is 4. The van der Waals surface area contributed by atoms with Crippen LogP contribution >= 0.6 is 82.6 Å². The SMILES string of the molecule is CCCOC(=O)N1CCc2c([nH]c3ccc(Cl)cc23)C1c1ccc(Br)cc1.CCCOC(=O)N1CCc2c([nH]c3ccc(Cl)cc23)C1c1ccc(C)cc1.CCOC(=O)N1CCc2c([nH]c3ccc(Br)cc23)C1c1cccc(Br)c1.COC(=O)N1CCc2c([nH]c3ccc(Cl)cc23)C1c1ccc(OC)cc1. The first-order valence-electron chi connectivity index (χ1n) is 35.4. The van der Waals surface area contributed by atoms with Crippen molar-refractivity contribution in [2.75, 3.05) is 60.2 Å². The number of aromatic amines is 4. The van der Waals surface area contributed by atoms with Crippen LogP contribution < -0.4 is 4.74 Å². The summed E-state index contributed by atoms with van der Waals surface area (Å²) >= 11 is 29.2. The number of hydrogen-bond donors (Lipinski definition) is 4. The monoisotopic (exact) mass is 1670 g/mol. The molecule has 0 saturated heterocycles. The Kier molecular flexibility index (Phi) is 23.8. The lowest BCUT2D eigenvalue weighted by Gasteiger charge is -2.35. The number of halogens is 6. The number of hydrogen-bond acceptors (Lipinski definition) is 9. The molecule has 0 radical (unpaired) electrons. The highest BCUT2D eigenvalue weighted by atomic mass is 79.9. The minimum atomic E-state index is -0.340. The third-order valence-electron chi connectivity index (χ3n) is 19.8. The lowest BCUT2D eigenvalue weighted by Crippen LogP contribution is -2.41. The zero-order valence-corrected chi connectivity index (χ0v) is 66.4. The van der Waals surface area contributed by atoms with Gasteiger partial charge in [-0.2, -0.15) is 0 Å².